The summed E-state index contributed by atoms with van der Waals surface area (Å²) in [7, 11) is 0. The number of rotatable bonds is 7. The maximum Gasteiger partial charge on any atom is 0.243 e. The molecule has 0 radical (unpaired) electrons. The third-order valence-electron chi connectivity index (χ3n) is 4.59. The number of nitrogens with zero attached hydrogens (tertiary/aromatic N) is 2. The van der Waals surface area contributed by atoms with Crippen LogP contribution in [0, 0.1) is 11.3 Å². The highest BCUT2D eigenvalue weighted by Crippen LogP contribution is 2.37. The van der Waals surface area contributed by atoms with E-state index < -0.39 is 0 Å². The summed E-state index contributed by atoms with van der Waals surface area (Å²) in [4.78, 5) is 28.7. The minimum Gasteiger partial charge on any atom is -0.454 e. The number of Topliss-reactive ketones (excluding diaryl/α,β-unsaturated/α-hetero) is 1. The van der Waals surface area contributed by atoms with E-state index in [1.54, 1.807) is 48.5 Å². The van der Waals surface area contributed by atoms with Crippen molar-refractivity contribution in [1.82, 2.24) is 4.98 Å². The number of pyridine rings is 1. The van der Waals surface area contributed by atoms with Gasteiger partial charge in [0, 0.05) is 17.8 Å². The minimum atomic E-state index is -0.378. The topological polar surface area (TPSA) is 123 Å². The molecule has 0 saturated carbocycles. The summed E-state index contributed by atoms with van der Waals surface area (Å²) in [6, 6.07) is 15.4. The predicted molar refractivity (Wildman–Crippen MR) is 115 cm³/mol. The van der Waals surface area contributed by atoms with Crippen molar-refractivity contribution in [2.75, 3.05) is 24.0 Å². The van der Waals surface area contributed by atoms with E-state index in [1.165, 1.54) is 13.1 Å². The number of ketones is 1. The van der Waals surface area contributed by atoms with Gasteiger partial charge in [0.05, 0.1) is 17.9 Å². The molecule has 0 saturated heterocycles. The number of benzene rings is 2. The third kappa shape index (κ3) is 4.44. The van der Waals surface area contributed by atoms with Crippen LogP contribution in [0.3, 0.4) is 0 Å². The Bertz CT molecular complexity index is 1240. The van der Waals surface area contributed by atoms with Crippen LogP contribution in [-0.2, 0) is 4.79 Å². The molecule has 9 heteroatoms. The lowest BCUT2D eigenvalue weighted by atomic mass is 10.1. The van der Waals surface area contributed by atoms with Crippen LogP contribution in [0.4, 0.5) is 11.4 Å². The van der Waals surface area contributed by atoms with Crippen LogP contribution in [-0.4, -0.2) is 30.0 Å². The predicted octanol–water partition coefficient (Wildman–Crippen LogP) is 3.73. The zero-order chi connectivity index (χ0) is 22.5. The van der Waals surface area contributed by atoms with E-state index in [2.05, 4.69) is 15.6 Å². The Hall–Kier alpha value is -4.58. The summed E-state index contributed by atoms with van der Waals surface area (Å²) in [5, 5.41) is 15.0. The summed E-state index contributed by atoms with van der Waals surface area (Å²) >= 11 is 0. The fourth-order valence-electron chi connectivity index (χ4n) is 3.07. The van der Waals surface area contributed by atoms with Gasteiger partial charge in [0.2, 0.25) is 18.6 Å². The van der Waals surface area contributed by atoms with E-state index >= 15 is 0 Å². The van der Waals surface area contributed by atoms with Crippen molar-refractivity contribution in [3.05, 3.63) is 65.9 Å². The Morgan fingerprint density at radius 1 is 1.12 bits per heavy atom. The maximum atomic E-state index is 12.6. The molecule has 0 aliphatic carbocycles. The molecule has 4 rings (SSSR count). The first-order valence-corrected chi connectivity index (χ1v) is 9.65. The lowest BCUT2D eigenvalue weighted by molar-refractivity contribution is -0.114. The molecule has 1 aliphatic heterocycles. The van der Waals surface area contributed by atoms with Gasteiger partial charge in [-0.25, -0.2) is 4.98 Å². The molecule has 0 unspecified atom stereocenters. The third-order valence-corrected chi connectivity index (χ3v) is 4.59. The highest BCUT2D eigenvalue weighted by molar-refractivity contribution is 6.05. The van der Waals surface area contributed by atoms with Crippen molar-refractivity contribution in [3.8, 4) is 29.2 Å². The summed E-state index contributed by atoms with van der Waals surface area (Å²) < 4.78 is 16.4. The SMILES string of the molecule is CC(=O)c1cc2c(cc1NC(=O)CNc1ccccc1Oc1ncccc1C#N)OCO2. The zero-order valence-corrected chi connectivity index (χ0v) is 17.0. The fourth-order valence-corrected chi connectivity index (χ4v) is 3.07. The van der Waals surface area contributed by atoms with Gasteiger partial charge in [0.1, 0.15) is 11.6 Å². The van der Waals surface area contributed by atoms with E-state index in [-0.39, 0.29) is 30.9 Å². The summed E-state index contributed by atoms with van der Waals surface area (Å²) in [5.74, 6) is 0.901. The van der Waals surface area contributed by atoms with Crippen molar-refractivity contribution in [1.29, 1.82) is 5.26 Å². The first-order valence-electron chi connectivity index (χ1n) is 9.65. The monoisotopic (exact) mass is 430 g/mol. The second kappa shape index (κ2) is 9.06. The van der Waals surface area contributed by atoms with E-state index in [1.807, 2.05) is 6.07 Å². The van der Waals surface area contributed by atoms with Gasteiger partial charge in [-0.05, 0) is 37.3 Å². The van der Waals surface area contributed by atoms with Gasteiger partial charge >= 0.3 is 0 Å². The van der Waals surface area contributed by atoms with E-state index in [0.29, 0.717) is 39.8 Å². The quantitative estimate of drug-likeness (QED) is 0.544. The molecular formula is C23H18N4O5. The number of nitriles is 1. The number of para-hydroxylation sites is 2. The first kappa shape index (κ1) is 20.7. The molecule has 1 aromatic heterocycles. The molecule has 32 heavy (non-hydrogen) atoms. The Labute approximate surface area is 183 Å². The lowest BCUT2D eigenvalue weighted by Crippen LogP contribution is -2.23. The maximum absolute atomic E-state index is 12.6. The fraction of sp³-hybridized carbons (Fsp3) is 0.130. The van der Waals surface area contributed by atoms with Crippen molar-refractivity contribution in [2.24, 2.45) is 0 Å². The number of aromatic nitrogens is 1. The Kier molecular flexibility index (Phi) is 5.85. The van der Waals surface area contributed by atoms with Crippen LogP contribution < -0.4 is 24.8 Å². The number of hydrogen-bond donors (Lipinski definition) is 2. The second-order valence-corrected chi connectivity index (χ2v) is 6.78. The van der Waals surface area contributed by atoms with Gasteiger partial charge in [0.15, 0.2) is 23.0 Å². The van der Waals surface area contributed by atoms with Crippen molar-refractivity contribution >= 4 is 23.1 Å². The van der Waals surface area contributed by atoms with Crippen LogP contribution in [0.2, 0.25) is 0 Å². The van der Waals surface area contributed by atoms with E-state index in [4.69, 9.17) is 14.2 Å². The van der Waals surface area contributed by atoms with E-state index in [0.717, 1.165) is 0 Å². The molecule has 3 aromatic rings. The van der Waals surface area contributed by atoms with Crippen molar-refractivity contribution < 1.29 is 23.8 Å². The van der Waals surface area contributed by atoms with Crippen LogP contribution in [0.1, 0.15) is 22.8 Å². The summed E-state index contributed by atoms with van der Waals surface area (Å²) in [6.45, 7) is 1.37. The zero-order valence-electron chi connectivity index (χ0n) is 17.0. The van der Waals surface area contributed by atoms with Crippen molar-refractivity contribution in [3.63, 3.8) is 0 Å². The molecule has 0 bridgehead atoms. The van der Waals surface area contributed by atoms with Crippen LogP contribution in [0.5, 0.6) is 23.1 Å². The molecule has 0 fully saturated rings. The summed E-state index contributed by atoms with van der Waals surface area (Å²) in [5.41, 5.74) is 1.49. The molecule has 2 heterocycles. The molecule has 160 valence electrons. The van der Waals surface area contributed by atoms with E-state index in [9.17, 15) is 14.9 Å². The number of anilines is 2. The number of hydrogen-bond acceptors (Lipinski definition) is 8. The number of ether oxygens (including phenoxy) is 3. The average molecular weight is 430 g/mol. The molecule has 0 spiro atoms. The highest BCUT2D eigenvalue weighted by atomic mass is 16.7. The number of carbonyl (C=O) groups is 2. The lowest BCUT2D eigenvalue weighted by Gasteiger charge is -2.14. The number of nitrogens with one attached hydrogen (secondary N) is 2. The Morgan fingerprint density at radius 2 is 1.91 bits per heavy atom. The molecule has 2 N–H and O–H groups in total. The van der Waals surface area contributed by atoms with Gasteiger partial charge in [-0.15, -0.1) is 0 Å². The second-order valence-electron chi connectivity index (χ2n) is 6.78. The van der Waals surface area contributed by atoms with Gasteiger partial charge in [-0.3, -0.25) is 9.59 Å². The first-order chi connectivity index (χ1) is 15.5. The minimum absolute atomic E-state index is 0.0617. The van der Waals surface area contributed by atoms with Crippen LogP contribution >= 0.6 is 0 Å². The van der Waals surface area contributed by atoms with Crippen LogP contribution in [0.25, 0.3) is 0 Å². The van der Waals surface area contributed by atoms with Gasteiger partial charge in [-0.1, -0.05) is 12.1 Å². The standard InChI is InChI=1S/C23H18N4O5/c1-14(28)16-9-20-21(31-13-30-20)10-18(16)27-22(29)12-26-17-6-2-3-7-19(17)32-23-15(11-24)5-4-8-25-23/h2-10,26H,12-13H2,1H3,(H,27,29). The number of amides is 1. The number of carbonyl (C=O) groups excluding carboxylic acids is 2. The number of fused-ring (bicyclic) bond motifs is 1. The smallest absolute Gasteiger partial charge is 0.243 e. The average Bonchev–Trinajstić information content (AvgIpc) is 3.25. The molecule has 2 aromatic carbocycles. The summed E-state index contributed by atoms with van der Waals surface area (Å²) in [6.07, 6.45) is 1.53. The molecule has 1 amide bonds. The molecule has 1 aliphatic rings. The van der Waals surface area contributed by atoms with Gasteiger partial charge in [-0.2, -0.15) is 5.26 Å². The Morgan fingerprint density at radius 3 is 2.69 bits per heavy atom. The van der Waals surface area contributed by atoms with Gasteiger partial charge < -0.3 is 24.8 Å². The largest absolute Gasteiger partial charge is 0.454 e. The van der Waals surface area contributed by atoms with Crippen LogP contribution in [0.15, 0.2) is 54.7 Å². The highest BCUT2D eigenvalue weighted by Gasteiger charge is 2.20. The molecular weight excluding hydrogens is 412 g/mol. The van der Waals surface area contributed by atoms with Crippen molar-refractivity contribution in [2.45, 2.75) is 6.92 Å². The Balaban J connectivity index is 1.47. The normalized spacial score (nSPS) is 11.4. The molecule has 9 nitrogen and oxygen atoms in total. The van der Waals surface area contributed by atoms with Gasteiger partial charge in [0.25, 0.3) is 0 Å². The molecule has 0 atom stereocenters.